The molecule has 0 aliphatic heterocycles. The van der Waals surface area contributed by atoms with E-state index in [-0.39, 0.29) is 0 Å². The Morgan fingerprint density at radius 1 is 1.08 bits per heavy atom. The summed E-state index contributed by atoms with van der Waals surface area (Å²) < 4.78 is 4.03. The van der Waals surface area contributed by atoms with Crippen molar-refractivity contribution in [2.45, 2.75) is 16.6 Å². The van der Waals surface area contributed by atoms with Crippen LogP contribution in [0.25, 0.3) is 10.2 Å². The summed E-state index contributed by atoms with van der Waals surface area (Å²) in [4.78, 5) is 4.62. The first-order valence-electron chi connectivity index (χ1n) is 7.48. The van der Waals surface area contributed by atoms with Gasteiger partial charge in [-0.2, -0.15) is 0 Å². The van der Waals surface area contributed by atoms with Crippen molar-refractivity contribution >= 4 is 56.5 Å². The van der Waals surface area contributed by atoms with Gasteiger partial charge in [0, 0.05) is 22.0 Å². The van der Waals surface area contributed by atoms with E-state index in [0.29, 0.717) is 16.6 Å². The Morgan fingerprint density at radius 2 is 1.88 bits per heavy atom. The highest BCUT2D eigenvalue weighted by atomic mass is 35.5. The molecule has 2 heterocycles. The molecular formula is C17H12Cl2N4S2. The van der Waals surface area contributed by atoms with E-state index in [1.54, 1.807) is 33.8 Å². The SMILES string of the molecule is Clc1cc(Cl)cc(Cn2cc(CSc3nc4ccccc4s3)nn2)c1. The van der Waals surface area contributed by atoms with Crippen LogP contribution in [0, 0.1) is 0 Å². The minimum Gasteiger partial charge on any atom is -0.248 e. The Labute approximate surface area is 162 Å². The predicted octanol–water partition coefficient (Wildman–Crippen LogP) is 5.54. The van der Waals surface area contributed by atoms with E-state index in [0.717, 1.165) is 26.9 Å². The maximum absolute atomic E-state index is 6.03. The number of benzene rings is 2. The van der Waals surface area contributed by atoms with E-state index in [1.165, 1.54) is 4.70 Å². The van der Waals surface area contributed by atoms with Crippen molar-refractivity contribution in [1.82, 2.24) is 20.0 Å². The monoisotopic (exact) mass is 406 g/mol. The lowest BCUT2D eigenvalue weighted by atomic mass is 10.2. The summed E-state index contributed by atoms with van der Waals surface area (Å²) in [6.45, 7) is 0.582. The third-order valence-electron chi connectivity index (χ3n) is 3.47. The van der Waals surface area contributed by atoms with Crippen LogP contribution < -0.4 is 0 Å². The summed E-state index contributed by atoms with van der Waals surface area (Å²) in [5.41, 5.74) is 2.95. The lowest BCUT2D eigenvalue weighted by molar-refractivity contribution is 0.649. The van der Waals surface area contributed by atoms with Crippen LogP contribution in [-0.4, -0.2) is 20.0 Å². The van der Waals surface area contributed by atoms with Crippen molar-refractivity contribution in [2.24, 2.45) is 0 Å². The molecular weight excluding hydrogens is 395 g/mol. The lowest BCUT2D eigenvalue weighted by Crippen LogP contribution is -2.00. The Kier molecular flexibility index (Phi) is 4.94. The first-order chi connectivity index (χ1) is 12.2. The average Bonchev–Trinajstić information content (AvgIpc) is 3.18. The largest absolute Gasteiger partial charge is 0.248 e. The summed E-state index contributed by atoms with van der Waals surface area (Å²) in [6.07, 6.45) is 1.94. The zero-order valence-electron chi connectivity index (χ0n) is 12.9. The van der Waals surface area contributed by atoms with Gasteiger partial charge in [0.25, 0.3) is 0 Å². The highest BCUT2D eigenvalue weighted by molar-refractivity contribution is 8.00. The van der Waals surface area contributed by atoms with Gasteiger partial charge in [0.1, 0.15) is 0 Å². The Bertz CT molecular complexity index is 975. The van der Waals surface area contributed by atoms with E-state index in [2.05, 4.69) is 21.4 Å². The van der Waals surface area contributed by atoms with Crippen molar-refractivity contribution < 1.29 is 0 Å². The van der Waals surface area contributed by atoms with Crippen molar-refractivity contribution in [3.63, 3.8) is 0 Å². The van der Waals surface area contributed by atoms with Crippen LogP contribution in [-0.2, 0) is 12.3 Å². The van der Waals surface area contributed by atoms with Gasteiger partial charge in [-0.15, -0.1) is 16.4 Å². The smallest absolute Gasteiger partial charge is 0.151 e. The van der Waals surface area contributed by atoms with Crippen LogP contribution >= 0.6 is 46.3 Å². The van der Waals surface area contributed by atoms with Crippen LogP contribution in [0.3, 0.4) is 0 Å². The Morgan fingerprint density at radius 3 is 2.68 bits per heavy atom. The summed E-state index contributed by atoms with van der Waals surface area (Å²) in [6, 6.07) is 13.6. The van der Waals surface area contributed by atoms with E-state index in [9.17, 15) is 0 Å². The van der Waals surface area contributed by atoms with Crippen LogP contribution in [0.15, 0.2) is 53.0 Å². The molecule has 0 saturated heterocycles. The number of halogens is 2. The standard InChI is InChI=1S/C17H12Cl2N4S2/c18-12-5-11(6-13(19)7-12)8-23-9-14(21-22-23)10-24-17-20-15-3-1-2-4-16(15)25-17/h1-7,9H,8,10H2. The van der Waals surface area contributed by atoms with Gasteiger partial charge in [-0.05, 0) is 35.9 Å². The molecule has 2 aromatic carbocycles. The quantitative estimate of drug-likeness (QED) is 0.408. The normalized spacial score (nSPS) is 11.3. The Hall–Kier alpha value is -1.60. The van der Waals surface area contributed by atoms with E-state index >= 15 is 0 Å². The van der Waals surface area contributed by atoms with Crippen LogP contribution in [0.5, 0.6) is 0 Å². The van der Waals surface area contributed by atoms with Gasteiger partial charge in [-0.3, -0.25) is 0 Å². The Balaban J connectivity index is 1.42. The summed E-state index contributed by atoms with van der Waals surface area (Å²) in [5.74, 6) is 0.732. The van der Waals surface area contributed by atoms with Gasteiger partial charge < -0.3 is 0 Å². The lowest BCUT2D eigenvalue weighted by Gasteiger charge is -2.02. The molecule has 126 valence electrons. The molecule has 0 atom stereocenters. The molecule has 0 fully saturated rings. The zero-order chi connectivity index (χ0) is 17.2. The highest BCUT2D eigenvalue weighted by Gasteiger charge is 2.07. The molecule has 0 unspecified atom stereocenters. The predicted molar refractivity (Wildman–Crippen MR) is 105 cm³/mol. The molecule has 0 radical (unpaired) electrons. The number of thioether (sulfide) groups is 1. The maximum atomic E-state index is 6.03. The third kappa shape index (κ3) is 4.15. The maximum Gasteiger partial charge on any atom is 0.151 e. The molecule has 0 spiro atoms. The number of hydrogen-bond acceptors (Lipinski definition) is 5. The summed E-state index contributed by atoms with van der Waals surface area (Å²) in [5, 5.41) is 9.64. The molecule has 25 heavy (non-hydrogen) atoms. The number of aromatic nitrogens is 4. The molecule has 0 amide bonds. The molecule has 0 bridgehead atoms. The summed E-state index contributed by atoms with van der Waals surface area (Å²) >= 11 is 15.4. The van der Waals surface area contributed by atoms with Crippen molar-refractivity contribution in [3.05, 3.63) is 70.0 Å². The number of rotatable bonds is 5. The van der Waals surface area contributed by atoms with Crippen molar-refractivity contribution in [2.75, 3.05) is 0 Å². The number of fused-ring (bicyclic) bond motifs is 1. The fourth-order valence-corrected chi connectivity index (χ4v) is 4.94. The van der Waals surface area contributed by atoms with Crippen LogP contribution in [0.1, 0.15) is 11.3 Å². The van der Waals surface area contributed by atoms with Gasteiger partial charge in [0.05, 0.1) is 22.5 Å². The molecule has 4 nitrogen and oxygen atoms in total. The highest BCUT2D eigenvalue weighted by Crippen LogP contribution is 2.31. The van der Waals surface area contributed by atoms with E-state index < -0.39 is 0 Å². The van der Waals surface area contributed by atoms with Gasteiger partial charge in [-0.1, -0.05) is 52.3 Å². The van der Waals surface area contributed by atoms with Gasteiger partial charge >= 0.3 is 0 Å². The molecule has 0 saturated carbocycles. The minimum absolute atomic E-state index is 0.582. The zero-order valence-corrected chi connectivity index (χ0v) is 16.0. The fraction of sp³-hybridized carbons (Fsp3) is 0.118. The molecule has 4 aromatic rings. The fourth-order valence-electron chi connectivity index (χ4n) is 2.42. The number of nitrogens with zero attached hydrogens (tertiary/aromatic N) is 4. The van der Waals surface area contributed by atoms with Crippen LogP contribution in [0.4, 0.5) is 0 Å². The molecule has 0 aliphatic rings. The third-order valence-corrected chi connectivity index (χ3v) is 6.12. The van der Waals surface area contributed by atoms with Gasteiger partial charge in [0.15, 0.2) is 4.34 Å². The molecule has 0 N–H and O–H groups in total. The minimum atomic E-state index is 0.582. The topological polar surface area (TPSA) is 43.6 Å². The van der Waals surface area contributed by atoms with Crippen LogP contribution in [0.2, 0.25) is 10.0 Å². The van der Waals surface area contributed by atoms with Gasteiger partial charge in [-0.25, -0.2) is 9.67 Å². The second-order valence-electron chi connectivity index (χ2n) is 5.42. The van der Waals surface area contributed by atoms with Crippen molar-refractivity contribution in [3.8, 4) is 0 Å². The molecule has 2 aromatic heterocycles. The second-order valence-corrected chi connectivity index (χ2v) is 8.55. The molecule has 0 aliphatic carbocycles. The van der Waals surface area contributed by atoms with Crippen molar-refractivity contribution in [1.29, 1.82) is 0 Å². The van der Waals surface area contributed by atoms with E-state index in [1.807, 2.05) is 36.5 Å². The van der Waals surface area contributed by atoms with E-state index in [4.69, 9.17) is 23.2 Å². The summed E-state index contributed by atoms with van der Waals surface area (Å²) in [7, 11) is 0. The van der Waals surface area contributed by atoms with Gasteiger partial charge in [0.2, 0.25) is 0 Å². The first-order valence-corrected chi connectivity index (χ1v) is 10.0. The molecule has 8 heteroatoms. The first kappa shape index (κ1) is 16.8. The average molecular weight is 407 g/mol. The number of para-hydroxylation sites is 1. The second kappa shape index (κ2) is 7.33. The number of hydrogen-bond donors (Lipinski definition) is 0. The molecule has 4 rings (SSSR count). The number of thiazole rings is 1.